The summed E-state index contributed by atoms with van der Waals surface area (Å²) < 4.78 is 52.9. The summed E-state index contributed by atoms with van der Waals surface area (Å²) in [6.07, 6.45) is -0.144. The molecule has 1 spiro atoms. The second-order valence-corrected chi connectivity index (χ2v) is 11.0. The lowest BCUT2D eigenvalue weighted by Crippen LogP contribution is -2.33. The number of nitrogens with zero attached hydrogens (tertiary/aromatic N) is 1. The van der Waals surface area contributed by atoms with Gasteiger partial charge in [-0.05, 0) is 67.4 Å². The fraction of sp³-hybridized carbons (Fsp3) is 0.286. The van der Waals surface area contributed by atoms with Crippen LogP contribution in [0.3, 0.4) is 0 Å². The van der Waals surface area contributed by atoms with Gasteiger partial charge in [0.15, 0.2) is 5.60 Å². The van der Waals surface area contributed by atoms with E-state index in [2.05, 4.69) is 30.1 Å². The van der Waals surface area contributed by atoms with Crippen LogP contribution in [-0.2, 0) is 16.5 Å². The number of ether oxygens (including phenoxy) is 2. The van der Waals surface area contributed by atoms with Crippen molar-refractivity contribution in [2.75, 3.05) is 23.3 Å². The number of esters is 1. The molecule has 0 saturated heterocycles. The van der Waals surface area contributed by atoms with Crippen molar-refractivity contribution in [3.05, 3.63) is 113 Å². The summed E-state index contributed by atoms with van der Waals surface area (Å²) >= 11 is 0. The largest absolute Gasteiger partial charge is 0.456 e. The van der Waals surface area contributed by atoms with Crippen LogP contribution < -0.4 is 15.0 Å². The number of rotatable bonds is 9. The van der Waals surface area contributed by atoms with E-state index in [1.165, 1.54) is 6.07 Å². The number of carbonyl (C=O) groups is 1. The summed E-state index contributed by atoms with van der Waals surface area (Å²) in [5.74, 6) is 0.672. The molecule has 43 heavy (non-hydrogen) atoms. The van der Waals surface area contributed by atoms with Crippen LogP contribution in [0.25, 0.3) is 0 Å². The number of hydrogen-bond donors (Lipinski definition) is 1. The highest BCUT2D eigenvalue weighted by Crippen LogP contribution is 2.57. The molecule has 0 saturated carbocycles. The molecule has 0 radical (unpaired) electrons. The number of fused-ring (bicyclic) bond motifs is 6. The Hall–Kier alpha value is -4.46. The molecule has 8 heteroatoms. The predicted octanol–water partition coefficient (Wildman–Crippen LogP) is 9.42. The normalized spacial score (nSPS) is 16.6. The van der Waals surface area contributed by atoms with E-state index in [1.54, 1.807) is 36.4 Å². The van der Waals surface area contributed by atoms with E-state index in [-0.39, 0.29) is 5.69 Å². The summed E-state index contributed by atoms with van der Waals surface area (Å²) in [7, 11) is 0. The number of nitrogens with one attached hydrogen (secondary N) is 1. The van der Waals surface area contributed by atoms with E-state index in [4.69, 9.17) is 9.47 Å². The van der Waals surface area contributed by atoms with E-state index in [0.717, 1.165) is 56.6 Å². The van der Waals surface area contributed by atoms with E-state index < -0.39 is 23.3 Å². The van der Waals surface area contributed by atoms with Crippen LogP contribution in [0, 0.1) is 0 Å². The lowest BCUT2D eigenvalue weighted by atomic mass is 9.77. The molecule has 2 aliphatic rings. The Morgan fingerprint density at radius 2 is 1.51 bits per heavy atom. The van der Waals surface area contributed by atoms with Crippen LogP contribution in [0.4, 0.5) is 30.2 Å². The second-order valence-electron chi connectivity index (χ2n) is 11.0. The van der Waals surface area contributed by atoms with Crippen LogP contribution in [-0.4, -0.2) is 19.1 Å². The molecule has 222 valence electrons. The average molecular weight is 587 g/mol. The Balaban J connectivity index is 1.46. The van der Waals surface area contributed by atoms with Crippen molar-refractivity contribution < 1.29 is 27.4 Å². The van der Waals surface area contributed by atoms with Gasteiger partial charge in [0.2, 0.25) is 0 Å². The number of anilines is 3. The number of unbranched alkanes of at least 4 members (excludes halogenated alkanes) is 2. The maximum Gasteiger partial charge on any atom is 0.416 e. The summed E-state index contributed by atoms with van der Waals surface area (Å²) in [5, 5.41) is 3.09. The van der Waals surface area contributed by atoms with Gasteiger partial charge in [0.05, 0.1) is 11.1 Å². The van der Waals surface area contributed by atoms with Gasteiger partial charge < -0.3 is 19.7 Å². The third-order valence-corrected chi connectivity index (χ3v) is 8.10. The zero-order valence-corrected chi connectivity index (χ0v) is 24.1. The fourth-order valence-electron chi connectivity index (χ4n) is 5.94. The van der Waals surface area contributed by atoms with Gasteiger partial charge in [-0.25, -0.2) is 4.79 Å². The zero-order valence-electron chi connectivity index (χ0n) is 24.1. The molecule has 6 rings (SSSR count). The van der Waals surface area contributed by atoms with E-state index in [0.29, 0.717) is 39.4 Å². The number of alkyl halides is 3. The van der Waals surface area contributed by atoms with Crippen molar-refractivity contribution in [2.45, 2.75) is 51.3 Å². The molecular weight excluding hydrogens is 553 g/mol. The van der Waals surface area contributed by atoms with Crippen molar-refractivity contribution in [1.82, 2.24) is 0 Å². The van der Waals surface area contributed by atoms with Crippen LogP contribution in [0.5, 0.6) is 11.5 Å². The monoisotopic (exact) mass is 586 g/mol. The summed E-state index contributed by atoms with van der Waals surface area (Å²) in [4.78, 5) is 15.7. The summed E-state index contributed by atoms with van der Waals surface area (Å²) in [6, 6.07) is 23.7. The SMILES string of the molecule is CCCCN(CCCC)c1ccc2c(c1)Oc1ccc(Nc3cccc(C(F)(F)F)c3)cc1C21OC(=O)c2ccccc21. The molecule has 0 aliphatic carbocycles. The van der Waals surface area contributed by atoms with E-state index >= 15 is 0 Å². The minimum absolute atomic E-state index is 0.286. The Morgan fingerprint density at radius 1 is 0.767 bits per heavy atom. The van der Waals surface area contributed by atoms with Crippen LogP contribution in [0.2, 0.25) is 0 Å². The Morgan fingerprint density at radius 3 is 2.26 bits per heavy atom. The van der Waals surface area contributed by atoms with Crippen LogP contribution in [0.15, 0.2) is 84.9 Å². The van der Waals surface area contributed by atoms with Crippen molar-refractivity contribution >= 4 is 23.0 Å². The van der Waals surface area contributed by atoms with E-state index in [9.17, 15) is 18.0 Å². The molecule has 0 aromatic heterocycles. The molecule has 0 bridgehead atoms. The molecule has 5 nitrogen and oxygen atoms in total. The highest BCUT2D eigenvalue weighted by molar-refractivity contribution is 5.97. The van der Waals surface area contributed by atoms with Crippen molar-refractivity contribution in [1.29, 1.82) is 0 Å². The molecule has 1 atom stereocenters. The minimum Gasteiger partial charge on any atom is -0.456 e. The van der Waals surface area contributed by atoms with Crippen molar-refractivity contribution in [2.24, 2.45) is 0 Å². The predicted molar refractivity (Wildman–Crippen MR) is 161 cm³/mol. The number of hydrogen-bond acceptors (Lipinski definition) is 5. The van der Waals surface area contributed by atoms with Gasteiger partial charge in [0.25, 0.3) is 0 Å². The quantitative estimate of drug-likeness (QED) is 0.198. The number of benzene rings is 4. The Labute approximate surface area is 249 Å². The molecule has 4 aromatic carbocycles. The van der Waals surface area contributed by atoms with Gasteiger partial charge in [-0.3, -0.25) is 0 Å². The maximum absolute atomic E-state index is 13.4. The third kappa shape index (κ3) is 5.19. The zero-order chi connectivity index (χ0) is 30.2. The molecule has 0 amide bonds. The molecule has 1 unspecified atom stereocenters. The highest BCUT2D eigenvalue weighted by atomic mass is 19.4. The van der Waals surface area contributed by atoms with Gasteiger partial charge in [-0.15, -0.1) is 0 Å². The second kappa shape index (κ2) is 11.3. The highest BCUT2D eigenvalue weighted by Gasteiger charge is 2.53. The molecular formula is C35H33F3N2O3. The first-order valence-corrected chi connectivity index (χ1v) is 14.7. The summed E-state index contributed by atoms with van der Waals surface area (Å²) in [5.41, 5.74) is 2.29. The Kier molecular flexibility index (Phi) is 7.54. The van der Waals surface area contributed by atoms with Crippen molar-refractivity contribution in [3.8, 4) is 11.5 Å². The first-order chi connectivity index (χ1) is 20.7. The van der Waals surface area contributed by atoms with Gasteiger partial charge in [-0.2, -0.15) is 13.2 Å². The van der Waals surface area contributed by atoms with Gasteiger partial charge >= 0.3 is 12.1 Å². The molecule has 2 heterocycles. The molecule has 1 N–H and O–H groups in total. The number of carbonyl (C=O) groups excluding carboxylic acids is 1. The van der Waals surface area contributed by atoms with Crippen molar-refractivity contribution in [3.63, 3.8) is 0 Å². The molecule has 0 fully saturated rings. The third-order valence-electron chi connectivity index (χ3n) is 8.10. The van der Waals surface area contributed by atoms with Gasteiger partial charge in [0, 0.05) is 52.9 Å². The Bertz CT molecular complexity index is 1660. The fourth-order valence-corrected chi connectivity index (χ4v) is 5.94. The molecule has 4 aromatic rings. The smallest absolute Gasteiger partial charge is 0.416 e. The van der Waals surface area contributed by atoms with Crippen LogP contribution >= 0.6 is 0 Å². The van der Waals surface area contributed by atoms with Gasteiger partial charge in [0.1, 0.15) is 11.5 Å². The first kappa shape index (κ1) is 28.6. The minimum atomic E-state index is -4.46. The maximum atomic E-state index is 13.4. The lowest BCUT2D eigenvalue weighted by Gasteiger charge is -2.37. The first-order valence-electron chi connectivity index (χ1n) is 14.7. The number of halogens is 3. The van der Waals surface area contributed by atoms with E-state index in [1.807, 2.05) is 24.3 Å². The van der Waals surface area contributed by atoms with Crippen LogP contribution in [0.1, 0.15) is 72.1 Å². The molecule has 2 aliphatic heterocycles. The topological polar surface area (TPSA) is 50.8 Å². The lowest BCUT2D eigenvalue weighted by molar-refractivity contribution is -0.137. The summed E-state index contributed by atoms with van der Waals surface area (Å²) in [6.45, 7) is 6.21. The van der Waals surface area contributed by atoms with Gasteiger partial charge in [-0.1, -0.05) is 51.0 Å². The standard InChI is InChI=1S/C35H33F3N2O3/c1-3-5-18-40(19-6-4-2)26-15-16-29-32(22-26)42-31-17-14-25(39-24-11-9-10-23(20-24)35(36,37)38)21-30(31)34(29)28-13-8-7-12-27(28)33(41)43-34/h7-17,20-22,39H,3-6,18-19H2,1-2H3. The average Bonchev–Trinajstić information content (AvgIpc) is 3.30.